The van der Waals surface area contributed by atoms with Gasteiger partial charge in [0.1, 0.15) is 5.75 Å². The second-order valence-electron chi connectivity index (χ2n) is 6.17. The highest BCUT2D eigenvalue weighted by atomic mass is 32.2. The number of hydrogen-bond acceptors (Lipinski definition) is 4. The highest BCUT2D eigenvalue weighted by Gasteiger charge is 2.34. The fraction of sp³-hybridized carbons (Fsp3) is 0.562. The maximum Gasteiger partial charge on any atom is 0.318 e. The Bertz CT molecular complexity index is 672. The Balaban J connectivity index is 1.67. The highest BCUT2D eigenvalue weighted by molar-refractivity contribution is 7.91. The average molecular weight is 338 g/mol. The zero-order valence-corrected chi connectivity index (χ0v) is 14.0. The van der Waals surface area contributed by atoms with Crippen LogP contribution in [0.1, 0.15) is 30.9 Å². The molecule has 2 aliphatic heterocycles. The topological polar surface area (TPSA) is 75.7 Å². The molecule has 1 aromatic carbocycles. The molecule has 0 unspecified atom stereocenters. The second-order valence-corrected chi connectivity index (χ2v) is 8.40. The minimum Gasteiger partial charge on any atom is -0.497 e. The lowest BCUT2D eigenvalue weighted by Gasteiger charge is -2.27. The number of ether oxygens (including phenoxy) is 1. The van der Waals surface area contributed by atoms with Crippen molar-refractivity contribution in [2.75, 3.05) is 25.2 Å². The molecule has 0 saturated carbocycles. The van der Waals surface area contributed by atoms with Gasteiger partial charge < -0.3 is 15.0 Å². The van der Waals surface area contributed by atoms with Gasteiger partial charge in [-0.1, -0.05) is 12.1 Å². The summed E-state index contributed by atoms with van der Waals surface area (Å²) in [6.07, 6.45) is 2.38. The van der Waals surface area contributed by atoms with Gasteiger partial charge in [0.2, 0.25) is 0 Å². The molecule has 0 radical (unpaired) electrons. The third kappa shape index (κ3) is 3.60. The first-order chi connectivity index (χ1) is 11.0. The largest absolute Gasteiger partial charge is 0.497 e. The monoisotopic (exact) mass is 338 g/mol. The third-order valence-corrected chi connectivity index (χ3v) is 6.34. The van der Waals surface area contributed by atoms with Crippen molar-refractivity contribution in [3.05, 3.63) is 29.8 Å². The minimum atomic E-state index is -2.99. The maximum absolute atomic E-state index is 12.5. The van der Waals surface area contributed by atoms with Crippen LogP contribution in [0.25, 0.3) is 0 Å². The lowest BCUT2D eigenvalue weighted by molar-refractivity contribution is 0.190. The maximum atomic E-state index is 12.5. The lowest BCUT2D eigenvalue weighted by atomic mass is 10.0. The van der Waals surface area contributed by atoms with E-state index in [9.17, 15) is 13.2 Å². The van der Waals surface area contributed by atoms with E-state index >= 15 is 0 Å². The van der Waals surface area contributed by atoms with Crippen LogP contribution in [-0.2, 0) is 9.84 Å². The van der Waals surface area contributed by atoms with Crippen molar-refractivity contribution in [3.63, 3.8) is 0 Å². The van der Waals surface area contributed by atoms with E-state index in [0.29, 0.717) is 13.0 Å². The Morgan fingerprint density at radius 2 is 2.00 bits per heavy atom. The van der Waals surface area contributed by atoms with E-state index in [1.807, 2.05) is 29.2 Å². The summed E-state index contributed by atoms with van der Waals surface area (Å²) in [4.78, 5) is 14.3. The molecule has 6 nitrogen and oxygen atoms in total. The van der Waals surface area contributed by atoms with E-state index in [2.05, 4.69) is 5.32 Å². The quantitative estimate of drug-likeness (QED) is 0.911. The van der Waals surface area contributed by atoms with E-state index in [-0.39, 0.29) is 29.6 Å². The number of amides is 2. The zero-order chi connectivity index (χ0) is 16.4. The van der Waals surface area contributed by atoms with Crippen molar-refractivity contribution in [2.24, 2.45) is 0 Å². The molecule has 1 N–H and O–H groups in total. The molecule has 7 heteroatoms. The summed E-state index contributed by atoms with van der Waals surface area (Å²) in [7, 11) is -1.36. The molecule has 2 fully saturated rings. The summed E-state index contributed by atoms with van der Waals surface area (Å²) in [6, 6.07) is 7.37. The Labute approximate surface area is 136 Å². The van der Waals surface area contributed by atoms with Crippen LogP contribution in [0.15, 0.2) is 24.3 Å². The molecule has 0 aliphatic carbocycles. The van der Waals surface area contributed by atoms with Gasteiger partial charge in [0.05, 0.1) is 24.7 Å². The zero-order valence-electron chi connectivity index (χ0n) is 13.2. The Kier molecular flexibility index (Phi) is 4.48. The number of benzene rings is 1. The van der Waals surface area contributed by atoms with Gasteiger partial charge in [-0.25, -0.2) is 13.2 Å². The van der Waals surface area contributed by atoms with E-state index in [1.54, 1.807) is 7.11 Å². The lowest BCUT2D eigenvalue weighted by Crippen LogP contribution is -2.45. The van der Waals surface area contributed by atoms with Gasteiger partial charge in [-0.05, 0) is 37.0 Å². The van der Waals surface area contributed by atoms with Crippen molar-refractivity contribution in [2.45, 2.75) is 31.3 Å². The first kappa shape index (κ1) is 16.1. The smallest absolute Gasteiger partial charge is 0.318 e. The molecule has 3 rings (SSSR count). The van der Waals surface area contributed by atoms with Crippen LogP contribution in [0.4, 0.5) is 4.79 Å². The predicted molar refractivity (Wildman–Crippen MR) is 87.3 cm³/mol. The number of urea groups is 1. The summed E-state index contributed by atoms with van der Waals surface area (Å²) < 4.78 is 28.2. The summed E-state index contributed by atoms with van der Waals surface area (Å²) in [5, 5.41) is 2.88. The first-order valence-corrected chi connectivity index (χ1v) is 9.72. The van der Waals surface area contributed by atoms with E-state index in [0.717, 1.165) is 24.2 Å². The van der Waals surface area contributed by atoms with Gasteiger partial charge in [0.15, 0.2) is 9.84 Å². The molecular formula is C16H22N2O4S. The van der Waals surface area contributed by atoms with Crippen molar-refractivity contribution in [3.8, 4) is 5.75 Å². The van der Waals surface area contributed by atoms with Gasteiger partial charge in [0.25, 0.3) is 0 Å². The standard InChI is InChI=1S/C16H22N2O4S/c1-22-14-6-4-12(5-7-14)15-3-2-9-18(15)16(19)17-13-8-10-23(20,21)11-13/h4-7,13,15H,2-3,8-11H2,1H3,(H,17,19)/t13-,15-/m0/s1. The van der Waals surface area contributed by atoms with Crippen molar-refractivity contribution >= 4 is 15.9 Å². The van der Waals surface area contributed by atoms with E-state index in [4.69, 9.17) is 4.74 Å². The molecule has 0 aromatic heterocycles. The number of sulfone groups is 1. The van der Waals surface area contributed by atoms with Crippen LogP contribution in [0, 0.1) is 0 Å². The Morgan fingerprint density at radius 3 is 2.61 bits per heavy atom. The molecular weight excluding hydrogens is 316 g/mol. The molecule has 2 aliphatic rings. The molecule has 23 heavy (non-hydrogen) atoms. The number of methoxy groups -OCH3 is 1. The van der Waals surface area contributed by atoms with E-state index in [1.165, 1.54) is 0 Å². The number of nitrogens with one attached hydrogen (secondary N) is 1. The molecule has 126 valence electrons. The first-order valence-electron chi connectivity index (χ1n) is 7.90. The summed E-state index contributed by atoms with van der Waals surface area (Å²) in [6.45, 7) is 0.696. The van der Waals surface area contributed by atoms with Crippen LogP contribution in [0.2, 0.25) is 0 Å². The van der Waals surface area contributed by atoms with Gasteiger partial charge in [-0.15, -0.1) is 0 Å². The predicted octanol–water partition coefficient (Wildman–Crippen LogP) is 1.73. The molecule has 0 spiro atoms. The normalized spacial score (nSPS) is 26.2. The van der Waals surface area contributed by atoms with Crippen LogP contribution < -0.4 is 10.1 Å². The van der Waals surface area contributed by atoms with E-state index < -0.39 is 9.84 Å². The number of carbonyl (C=O) groups excluding carboxylic acids is 1. The van der Waals surface area contributed by atoms with Crippen LogP contribution in [0.5, 0.6) is 5.75 Å². The molecule has 2 heterocycles. The van der Waals surface area contributed by atoms with Gasteiger partial charge in [-0.3, -0.25) is 0 Å². The Morgan fingerprint density at radius 1 is 1.26 bits per heavy atom. The van der Waals surface area contributed by atoms with Crippen molar-refractivity contribution in [1.29, 1.82) is 0 Å². The fourth-order valence-corrected chi connectivity index (χ4v) is 5.02. The van der Waals surface area contributed by atoms with Crippen LogP contribution in [0.3, 0.4) is 0 Å². The van der Waals surface area contributed by atoms with Gasteiger partial charge in [-0.2, -0.15) is 0 Å². The average Bonchev–Trinajstić information content (AvgIpc) is 3.14. The summed E-state index contributed by atoms with van der Waals surface area (Å²) in [5.74, 6) is 1.01. The van der Waals surface area contributed by atoms with Gasteiger partial charge >= 0.3 is 6.03 Å². The molecule has 2 atom stereocenters. The fourth-order valence-electron chi connectivity index (χ4n) is 3.35. The highest BCUT2D eigenvalue weighted by Crippen LogP contribution is 2.32. The SMILES string of the molecule is COc1ccc([C@@H]2CCCN2C(=O)N[C@H]2CCS(=O)(=O)C2)cc1. The number of hydrogen-bond donors (Lipinski definition) is 1. The summed E-state index contributed by atoms with van der Waals surface area (Å²) in [5.41, 5.74) is 1.08. The van der Waals surface area contributed by atoms with Crippen molar-refractivity contribution in [1.82, 2.24) is 10.2 Å². The number of carbonyl (C=O) groups is 1. The third-order valence-electron chi connectivity index (χ3n) is 4.57. The van der Waals surface area contributed by atoms with Crippen LogP contribution in [-0.4, -0.2) is 50.6 Å². The number of nitrogens with zero attached hydrogens (tertiary/aromatic N) is 1. The number of likely N-dealkylation sites (tertiary alicyclic amines) is 1. The number of rotatable bonds is 3. The van der Waals surface area contributed by atoms with Crippen molar-refractivity contribution < 1.29 is 17.9 Å². The summed E-state index contributed by atoms with van der Waals surface area (Å²) >= 11 is 0. The Hall–Kier alpha value is -1.76. The molecule has 2 saturated heterocycles. The molecule has 1 aromatic rings. The van der Waals surface area contributed by atoms with Crippen LogP contribution >= 0.6 is 0 Å². The minimum absolute atomic E-state index is 0.0407. The molecule has 2 amide bonds. The second kappa shape index (κ2) is 6.39. The van der Waals surface area contributed by atoms with Gasteiger partial charge in [0, 0.05) is 12.6 Å². The molecule has 0 bridgehead atoms.